The van der Waals surface area contributed by atoms with Gasteiger partial charge in [-0.05, 0) is 36.1 Å². The van der Waals surface area contributed by atoms with Gasteiger partial charge in [0.15, 0.2) is 0 Å². The number of carbonyl (C=O) groups excluding carboxylic acids is 1. The number of hydrogen-bond donors (Lipinski definition) is 2. The third kappa shape index (κ3) is 2.75. The molecule has 0 aromatic heterocycles. The van der Waals surface area contributed by atoms with Crippen LogP contribution in [0.2, 0.25) is 0 Å². The van der Waals surface area contributed by atoms with Gasteiger partial charge in [0.2, 0.25) is 5.91 Å². The largest absolute Gasteiger partial charge is 0.508 e. The lowest BCUT2D eigenvalue weighted by molar-refractivity contribution is -0.114. The zero-order valence-electron chi connectivity index (χ0n) is 10.1. The third-order valence-corrected chi connectivity index (χ3v) is 2.57. The molecule has 0 aliphatic carbocycles. The summed E-state index contributed by atoms with van der Waals surface area (Å²) in [5.41, 5.74) is 2.81. The summed E-state index contributed by atoms with van der Waals surface area (Å²) in [5.74, 6) is 0.246. The number of hydrogen-bond acceptors (Lipinski definition) is 2. The highest BCUT2D eigenvalue weighted by molar-refractivity contribution is 5.90. The number of carbonyl (C=O) groups is 1. The van der Waals surface area contributed by atoms with Gasteiger partial charge < -0.3 is 10.4 Å². The Balaban J connectivity index is 3.19. The van der Waals surface area contributed by atoms with Crippen LogP contribution < -0.4 is 5.32 Å². The van der Waals surface area contributed by atoms with Crippen LogP contribution in [0.5, 0.6) is 5.75 Å². The van der Waals surface area contributed by atoms with Crippen LogP contribution >= 0.6 is 0 Å². The fourth-order valence-electron chi connectivity index (χ4n) is 1.92. The standard InChI is InChI=1S/C13H19NO2/c1-4-6-11-10(5-2)12(14-9(3)15)7-8-13(11)16/h7-8,16H,4-6H2,1-3H3,(H,14,15). The van der Waals surface area contributed by atoms with Crippen molar-refractivity contribution in [3.8, 4) is 5.75 Å². The molecular weight excluding hydrogens is 202 g/mol. The second-order valence-electron chi connectivity index (χ2n) is 3.87. The van der Waals surface area contributed by atoms with Gasteiger partial charge in [0.1, 0.15) is 5.75 Å². The van der Waals surface area contributed by atoms with Crippen LogP contribution in [0.3, 0.4) is 0 Å². The van der Waals surface area contributed by atoms with Gasteiger partial charge in [-0.2, -0.15) is 0 Å². The highest BCUT2D eigenvalue weighted by Gasteiger charge is 2.11. The Bertz CT molecular complexity index is 386. The molecule has 2 N–H and O–H groups in total. The Hall–Kier alpha value is -1.51. The summed E-state index contributed by atoms with van der Waals surface area (Å²) in [5, 5.41) is 12.6. The second kappa shape index (κ2) is 5.54. The van der Waals surface area contributed by atoms with Crippen LogP contribution in [-0.2, 0) is 17.6 Å². The predicted octanol–water partition coefficient (Wildman–Crippen LogP) is 2.87. The van der Waals surface area contributed by atoms with E-state index >= 15 is 0 Å². The van der Waals surface area contributed by atoms with Crippen molar-refractivity contribution in [1.29, 1.82) is 0 Å². The molecule has 0 bridgehead atoms. The Labute approximate surface area is 96.5 Å². The van der Waals surface area contributed by atoms with Gasteiger partial charge in [0, 0.05) is 12.6 Å². The average Bonchev–Trinajstić information content (AvgIpc) is 2.23. The van der Waals surface area contributed by atoms with E-state index in [0.29, 0.717) is 5.75 Å². The molecule has 88 valence electrons. The van der Waals surface area contributed by atoms with Gasteiger partial charge in [-0.3, -0.25) is 4.79 Å². The lowest BCUT2D eigenvalue weighted by Gasteiger charge is -2.14. The Morgan fingerprint density at radius 1 is 1.31 bits per heavy atom. The van der Waals surface area contributed by atoms with Gasteiger partial charge >= 0.3 is 0 Å². The average molecular weight is 221 g/mol. The number of aromatic hydroxyl groups is 1. The monoisotopic (exact) mass is 221 g/mol. The highest BCUT2D eigenvalue weighted by atomic mass is 16.3. The van der Waals surface area contributed by atoms with Crippen LogP contribution in [0.4, 0.5) is 5.69 Å². The molecule has 0 radical (unpaired) electrons. The zero-order chi connectivity index (χ0) is 12.1. The van der Waals surface area contributed by atoms with Gasteiger partial charge in [0.05, 0.1) is 0 Å². The van der Waals surface area contributed by atoms with E-state index < -0.39 is 0 Å². The van der Waals surface area contributed by atoms with Crippen molar-refractivity contribution in [2.75, 3.05) is 5.32 Å². The summed E-state index contributed by atoms with van der Waals surface area (Å²) < 4.78 is 0. The molecular formula is C13H19NO2. The summed E-state index contributed by atoms with van der Waals surface area (Å²) in [4.78, 5) is 11.1. The van der Waals surface area contributed by atoms with Gasteiger partial charge in [0.25, 0.3) is 0 Å². The van der Waals surface area contributed by atoms with Crippen molar-refractivity contribution >= 4 is 11.6 Å². The summed E-state index contributed by atoms with van der Waals surface area (Å²) >= 11 is 0. The fourth-order valence-corrected chi connectivity index (χ4v) is 1.92. The van der Waals surface area contributed by atoms with Crippen molar-refractivity contribution in [3.63, 3.8) is 0 Å². The Morgan fingerprint density at radius 2 is 2.00 bits per heavy atom. The van der Waals surface area contributed by atoms with Crippen LogP contribution in [-0.4, -0.2) is 11.0 Å². The molecule has 3 nitrogen and oxygen atoms in total. The van der Waals surface area contributed by atoms with Gasteiger partial charge in [-0.25, -0.2) is 0 Å². The summed E-state index contributed by atoms with van der Waals surface area (Å²) in [6.45, 7) is 5.59. The van der Waals surface area contributed by atoms with E-state index in [4.69, 9.17) is 0 Å². The number of benzene rings is 1. The Morgan fingerprint density at radius 3 is 2.50 bits per heavy atom. The first kappa shape index (κ1) is 12.6. The number of phenols is 1. The molecule has 16 heavy (non-hydrogen) atoms. The molecule has 0 aliphatic rings. The lowest BCUT2D eigenvalue weighted by atomic mass is 9.98. The van der Waals surface area contributed by atoms with E-state index in [1.165, 1.54) is 6.92 Å². The van der Waals surface area contributed by atoms with E-state index in [-0.39, 0.29) is 5.91 Å². The first-order valence-electron chi connectivity index (χ1n) is 5.71. The number of amides is 1. The van der Waals surface area contributed by atoms with E-state index in [9.17, 15) is 9.90 Å². The predicted molar refractivity (Wildman–Crippen MR) is 65.8 cm³/mol. The van der Waals surface area contributed by atoms with Crippen molar-refractivity contribution in [2.24, 2.45) is 0 Å². The molecule has 0 fully saturated rings. The molecule has 1 aromatic rings. The van der Waals surface area contributed by atoms with E-state index in [2.05, 4.69) is 12.2 Å². The van der Waals surface area contributed by atoms with Crippen molar-refractivity contribution in [1.82, 2.24) is 0 Å². The maximum absolute atomic E-state index is 11.1. The summed E-state index contributed by atoms with van der Waals surface area (Å²) in [6, 6.07) is 3.41. The normalized spacial score (nSPS) is 10.2. The minimum absolute atomic E-state index is 0.0807. The van der Waals surface area contributed by atoms with Crippen LogP contribution in [0.1, 0.15) is 38.3 Å². The molecule has 1 amide bonds. The molecule has 1 rings (SSSR count). The number of anilines is 1. The lowest BCUT2D eigenvalue weighted by Crippen LogP contribution is -2.09. The molecule has 3 heteroatoms. The molecule has 0 heterocycles. The van der Waals surface area contributed by atoms with Crippen LogP contribution in [0.15, 0.2) is 12.1 Å². The van der Waals surface area contributed by atoms with E-state index in [1.54, 1.807) is 12.1 Å². The number of nitrogens with one attached hydrogen (secondary N) is 1. The molecule has 0 aliphatic heterocycles. The summed E-state index contributed by atoms with van der Waals surface area (Å²) in [6.07, 6.45) is 2.62. The molecule has 0 atom stereocenters. The van der Waals surface area contributed by atoms with Crippen molar-refractivity contribution in [2.45, 2.75) is 40.0 Å². The minimum Gasteiger partial charge on any atom is -0.508 e. The molecule has 0 saturated carbocycles. The first-order chi connectivity index (χ1) is 7.60. The van der Waals surface area contributed by atoms with Crippen LogP contribution in [0.25, 0.3) is 0 Å². The quantitative estimate of drug-likeness (QED) is 0.768. The summed E-state index contributed by atoms with van der Waals surface area (Å²) in [7, 11) is 0. The molecule has 1 aromatic carbocycles. The maximum atomic E-state index is 11.1. The van der Waals surface area contributed by atoms with E-state index in [0.717, 1.165) is 36.1 Å². The maximum Gasteiger partial charge on any atom is 0.221 e. The van der Waals surface area contributed by atoms with Gasteiger partial charge in [-0.15, -0.1) is 0 Å². The highest BCUT2D eigenvalue weighted by Crippen LogP contribution is 2.29. The number of rotatable bonds is 4. The third-order valence-electron chi connectivity index (χ3n) is 2.57. The topological polar surface area (TPSA) is 49.3 Å². The van der Waals surface area contributed by atoms with E-state index in [1.807, 2.05) is 6.92 Å². The smallest absolute Gasteiger partial charge is 0.221 e. The molecule has 0 spiro atoms. The van der Waals surface area contributed by atoms with Crippen LogP contribution in [0, 0.1) is 0 Å². The zero-order valence-corrected chi connectivity index (χ0v) is 10.1. The minimum atomic E-state index is -0.0807. The van der Waals surface area contributed by atoms with Crippen molar-refractivity contribution in [3.05, 3.63) is 23.3 Å². The molecule has 0 saturated heterocycles. The van der Waals surface area contributed by atoms with Gasteiger partial charge in [-0.1, -0.05) is 20.3 Å². The van der Waals surface area contributed by atoms with Crippen molar-refractivity contribution < 1.29 is 9.90 Å². The number of phenolic OH excluding ortho intramolecular Hbond substituents is 1. The first-order valence-corrected chi connectivity index (χ1v) is 5.71. The second-order valence-corrected chi connectivity index (χ2v) is 3.87. The fraction of sp³-hybridized carbons (Fsp3) is 0.462. The SMILES string of the molecule is CCCc1c(O)ccc(NC(C)=O)c1CC. The molecule has 0 unspecified atom stereocenters. The Kier molecular flexibility index (Phi) is 4.35.